The van der Waals surface area contributed by atoms with E-state index in [1.165, 1.54) is 0 Å². The molecule has 1 N–H and O–H groups in total. The summed E-state index contributed by atoms with van der Waals surface area (Å²) in [5, 5.41) is 27.5. The molecule has 0 aliphatic rings. The second kappa shape index (κ2) is 6.58. The van der Waals surface area contributed by atoms with Crippen molar-refractivity contribution in [3.05, 3.63) is 64.6 Å². The van der Waals surface area contributed by atoms with Crippen LogP contribution in [0.2, 0.25) is 0 Å². The Hall–Kier alpha value is -3.84. The van der Waals surface area contributed by atoms with Crippen LogP contribution in [0.5, 0.6) is 0 Å². The SMILES string of the molecule is Cc1c(C#N)c(-c2ccc(C#N)cc2)c(C)n1Cc1nc(C(=O)O)co1. The molecule has 0 bridgehead atoms. The highest BCUT2D eigenvalue weighted by atomic mass is 16.4. The molecule has 7 heteroatoms. The van der Waals surface area contributed by atoms with Crippen LogP contribution < -0.4 is 0 Å². The molecule has 0 unspecified atom stereocenters. The van der Waals surface area contributed by atoms with E-state index < -0.39 is 5.97 Å². The third-order valence-electron chi connectivity index (χ3n) is 4.26. The number of benzene rings is 1. The number of aromatic nitrogens is 2. The zero-order chi connectivity index (χ0) is 18.8. The first-order valence-electron chi connectivity index (χ1n) is 7.74. The van der Waals surface area contributed by atoms with Gasteiger partial charge in [0.05, 0.1) is 23.7 Å². The topological polar surface area (TPSA) is 116 Å². The van der Waals surface area contributed by atoms with Gasteiger partial charge >= 0.3 is 5.97 Å². The first kappa shape index (κ1) is 17.0. The summed E-state index contributed by atoms with van der Waals surface area (Å²) < 4.78 is 7.09. The Morgan fingerprint density at radius 2 is 1.88 bits per heavy atom. The maximum atomic E-state index is 10.9. The molecule has 0 saturated carbocycles. The molecule has 7 nitrogen and oxygen atoms in total. The highest BCUT2D eigenvalue weighted by Crippen LogP contribution is 2.32. The van der Waals surface area contributed by atoms with Gasteiger partial charge in [-0.05, 0) is 31.5 Å². The fourth-order valence-corrected chi connectivity index (χ4v) is 2.94. The Bertz CT molecular complexity index is 1080. The van der Waals surface area contributed by atoms with E-state index in [1.807, 2.05) is 18.4 Å². The molecule has 3 rings (SSSR count). The average Bonchev–Trinajstić information content (AvgIpc) is 3.20. The van der Waals surface area contributed by atoms with Gasteiger partial charge in [-0.25, -0.2) is 9.78 Å². The van der Waals surface area contributed by atoms with Crippen molar-refractivity contribution in [1.82, 2.24) is 9.55 Å². The lowest BCUT2D eigenvalue weighted by molar-refractivity contribution is 0.0690. The number of carboxylic acid groups (broad SMARTS) is 1. The van der Waals surface area contributed by atoms with Gasteiger partial charge in [0.25, 0.3) is 0 Å². The minimum Gasteiger partial charge on any atom is -0.476 e. The second-order valence-electron chi connectivity index (χ2n) is 5.74. The molecule has 0 fully saturated rings. The summed E-state index contributed by atoms with van der Waals surface area (Å²) in [6.07, 6.45) is 1.10. The molecular weight excluding hydrogens is 332 g/mol. The van der Waals surface area contributed by atoms with Gasteiger partial charge in [-0.2, -0.15) is 10.5 Å². The van der Waals surface area contributed by atoms with Gasteiger partial charge in [-0.15, -0.1) is 0 Å². The van der Waals surface area contributed by atoms with Crippen molar-refractivity contribution in [1.29, 1.82) is 10.5 Å². The third-order valence-corrected chi connectivity index (χ3v) is 4.26. The molecule has 2 heterocycles. The fraction of sp³-hybridized carbons (Fsp3) is 0.158. The number of aromatic carboxylic acids is 1. The quantitative estimate of drug-likeness (QED) is 0.775. The lowest BCUT2D eigenvalue weighted by Crippen LogP contribution is -2.05. The Labute approximate surface area is 149 Å². The standard InChI is InChI=1S/C19H14N4O3/c1-11-15(8-21)18(14-5-3-13(7-20)4-6-14)12(2)23(11)9-17-22-16(10-26-17)19(24)25/h3-6,10H,9H2,1-2H3,(H,24,25). The molecule has 3 aromatic rings. The molecule has 128 valence electrons. The monoisotopic (exact) mass is 346 g/mol. The van der Waals surface area contributed by atoms with Crippen molar-refractivity contribution >= 4 is 5.97 Å². The van der Waals surface area contributed by atoms with E-state index in [4.69, 9.17) is 14.8 Å². The summed E-state index contributed by atoms with van der Waals surface area (Å²) in [7, 11) is 0. The summed E-state index contributed by atoms with van der Waals surface area (Å²) in [5.41, 5.74) is 4.09. The zero-order valence-corrected chi connectivity index (χ0v) is 14.1. The van der Waals surface area contributed by atoms with Crippen LogP contribution in [-0.2, 0) is 6.54 Å². The summed E-state index contributed by atoms with van der Waals surface area (Å²) in [6.45, 7) is 3.91. The van der Waals surface area contributed by atoms with Gasteiger partial charge in [0, 0.05) is 17.0 Å². The van der Waals surface area contributed by atoms with E-state index >= 15 is 0 Å². The van der Waals surface area contributed by atoms with E-state index in [0.717, 1.165) is 28.8 Å². The summed E-state index contributed by atoms with van der Waals surface area (Å²) in [5.74, 6) is -0.906. The molecule has 0 spiro atoms. The number of nitrogens with zero attached hydrogens (tertiary/aromatic N) is 4. The van der Waals surface area contributed by atoms with Crippen molar-refractivity contribution < 1.29 is 14.3 Å². The van der Waals surface area contributed by atoms with Gasteiger partial charge in [0.1, 0.15) is 12.3 Å². The molecule has 1 aromatic carbocycles. The number of carbonyl (C=O) groups is 1. The molecule has 0 radical (unpaired) electrons. The summed E-state index contributed by atoms with van der Waals surface area (Å²) in [6, 6.07) is 11.3. The Kier molecular flexibility index (Phi) is 4.30. The number of oxazole rings is 1. The van der Waals surface area contributed by atoms with Crippen LogP contribution in [0.15, 0.2) is 34.9 Å². The molecule has 2 aromatic heterocycles. The van der Waals surface area contributed by atoms with Crippen molar-refractivity contribution in [2.24, 2.45) is 0 Å². The third kappa shape index (κ3) is 2.83. The van der Waals surface area contributed by atoms with E-state index in [2.05, 4.69) is 17.1 Å². The predicted molar refractivity (Wildman–Crippen MR) is 91.3 cm³/mol. The highest BCUT2D eigenvalue weighted by Gasteiger charge is 2.20. The average molecular weight is 346 g/mol. The minimum atomic E-state index is -1.16. The van der Waals surface area contributed by atoms with Crippen molar-refractivity contribution in [2.45, 2.75) is 20.4 Å². The van der Waals surface area contributed by atoms with Crippen LogP contribution in [0.3, 0.4) is 0 Å². The lowest BCUT2D eigenvalue weighted by atomic mass is 10.0. The van der Waals surface area contributed by atoms with Gasteiger partial charge < -0.3 is 14.1 Å². The van der Waals surface area contributed by atoms with Gasteiger partial charge in [0.15, 0.2) is 5.69 Å². The zero-order valence-electron chi connectivity index (χ0n) is 14.1. The van der Waals surface area contributed by atoms with Crippen molar-refractivity contribution in [3.63, 3.8) is 0 Å². The van der Waals surface area contributed by atoms with Crippen molar-refractivity contribution in [2.75, 3.05) is 0 Å². The van der Waals surface area contributed by atoms with Crippen LogP contribution in [-0.4, -0.2) is 20.6 Å². The molecule has 26 heavy (non-hydrogen) atoms. The summed E-state index contributed by atoms with van der Waals surface area (Å²) >= 11 is 0. The molecule has 0 aliphatic heterocycles. The van der Waals surface area contributed by atoms with Crippen LogP contribution in [0.25, 0.3) is 11.1 Å². The predicted octanol–water partition coefficient (Wildman–Crippen LogP) is 3.25. The second-order valence-corrected chi connectivity index (χ2v) is 5.74. The van der Waals surface area contributed by atoms with Crippen LogP contribution in [0.1, 0.15) is 38.9 Å². The number of nitriles is 2. The highest BCUT2D eigenvalue weighted by molar-refractivity contribution is 5.84. The van der Waals surface area contributed by atoms with Gasteiger partial charge in [-0.1, -0.05) is 12.1 Å². The molecular formula is C19H14N4O3. The molecule has 0 atom stereocenters. The maximum Gasteiger partial charge on any atom is 0.357 e. The molecule has 0 aliphatic carbocycles. The van der Waals surface area contributed by atoms with Crippen LogP contribution in [0, 0.1) is 36.5 Å². The van der Waals surface area contributed by atoms with E-state index in [0.29, 0.717) is 11.1 Å². The Balaban J connectivity index is 2.07. The van der Waals surface area contributed by atoms with E-state index in [9.17, 15) is 10.1 Å². The van der Waals surface area contributed by atoms with Gasteiger partial charge in [0.2, 0.25) is 5.89 Å². The number of hydrogen-bond donors (Lipinski definition) is 1. The van der Waals surface area contributed by atoms with E-state index in [-0.39, 0.29) is 18.1 Å². The van der Waals surface area contributed by atoms with Gasteiger partial charge in [-0.3, -0.25) is 0 Å². The first-order valence-corrected chi connectivity index (χ1v) is 7.74. The van der Waals surface area contributed by atoms with E-state index in [1.54, 1.807) is 24.3 Å². The maximum absolute atomic E-state index is 10.9. The Morgan fingerprint density at radius 1 is 1.19 bits per heavy atom. The number of carboxylic acids is 1. The lowest BCUT2D eigenvalue weighted by Gasteiger charge is -2.07. The smallest absolute Gasteiger partial charge is 0.357 e. The summed E-state index contributed by atoms with van der Waals surface area (Å²) in [4.78, 5) is 14.9. The molecule has 0 saturated heterocycles. The normalized spacial score (nSPS) is 10.3. The van der Waals surface area contributed by atoms with Crippen LogP contribution >= 0.6 is 0 Å². The van der Waals surface area contributed by atoms with Crippen molar-refractivity contribution in [3.8, 4) is 23.3 Å². The minimum absolute atomic E-state index is 0.157. The molecule has 0 amide bonds. The largest absolute Gasteiger partial charge is 0.476 e. The Morgan fingerprint density at radius 3 is 2.42 bits per heavy atom. The first-order chi connectivity index (χ1) is 12.5. The van der Waals surface area contributed by atoms with Crippen LogP contribution in [0.4, 0.5) is 0 Å². The fourth-order valence-electron chi connectivity index (χ4n) is 2.94. The number of rotatable bonds is 4. The number of hydrogen-bond acceptors (Lipinski definition) is 5.